The predicted octanol–water partition coefficient (Wildman–Crippen LogP) is 1.73. The maximum absolute atomic E-state index is 11.6. The second-order valence-corrected chi connectivity index (χ2v) is 5.08. The van der Waals surface area contributed by atoms with Crippen LogP contribution in [0.5, 0.6) is 0 Å². The molecule has 0 spiro atoms. The molecule has 13 heteroatoms. The van der Waals surface area contributed by atoms with Gasteiger partial charge in [-0.05, 0) is 24.3 Å². The summed E-state index contributed by atoms with van der Waals surface area (Å²) in [6.07, 6.45) is 0. The van der Waals surface area contributed by atoms with E-state index in [0.717, 1.165) is 24.3 Å². The highest BCUT2D eigenvalue weighted by molar-refractivity contribution is 5.20. The number of hydrogen-bond acceptors (Lipinski definition) is 9. The average Bonchev–Trinajstić information content (AvgIpc) is 2.63. The maximum atomic E-state index is 11.6. The maximum Gasteiger partial charge on any atom is 0.617 e. The van der Waals surface area contributed by atoms with Crippen molar-refractivity contribution in [3.8, 4) is 0 Å². The topological polar surface area (TPSA) is 182 Å². The first-order valence-corrected chi connectivity index (χ1v) is 7.08. The van der Waals surface area contributed by atoms with Gasteiger partial charge in [0.05, 0.1) is 0 Å². The summed E-state index contributed by atoms with van der Waals surface area (Å²) in [6, 6.07) is 11.1. The smallest absolute Gasteiger partial charge is 0.256 e. The van der Waals surface area contributed by atoms with Crippen LogP contribution in [0.25, 0.3) is 0 Å². The second-order valence-electron chi connectivity index (χ2n) is 5.08. The lowest BCUT2D eigenvalue weighted by atomic mass is 10.1. The monoisotopic (exact) mass is 378 g/mol. The zero-order valence-corrected chi connectivity index (χ0v) is 13.2. The summed E-state index contributed by atoms with van der Waals surface area (Å²) in [7, 11) is 0. The van der Waals surface area contributed by atoms with Crippen molar-refractivity contribution in [1.82, 2.24) is 0 Å². The van der Waals surface area contributed by atoms with Crippen LogP contribution in [0.4, 0.5) is 0 Å². The minimum absolute atomic E-state index is 0.732. The van der Waals surface area contributed by atoms with Crippen molar-refractivity contribution in [3.63, 3.8) is 0 Å². The van der Waals surface area contributed by atoms with Gasteiger partial charge in [0, 0.05) is 0 Å². The fourth-order valence-corrected chi connectivity index (χ4v) is 2.33. The van der Waals surface area contributed by atoms with Crippen LogP contribution in [0.15, 0.2) is 60.7 Å². The molecule has 0 saturated heterocycles. The van der Waals surface area contributed by atoms with E-state index in [1.807, 2.05) is 0 Å². The van der Waals surface area contributed by atoms with E-state index in [4.69, 9.17) is 0 Å². The van der Waals surface area contributed by atoms with Gasteiger partial charge in [0.25, 0.3) is 0 Å². The van der Waals surface area contributed by atoms with E-state index < -0.39 is 42.5 Å². The van der Waals surface area contributed by atoms with Crippen molar-refractivity contribution in [2.24, 2.45) is 0 Å². The molecular formula is C14H10N4O9. The largest absolute Gasteiger partial charge is 0.617 e. The summed E-state index contributed by atoms with van der Waals surface area (Å²) in [5, 5.41) is 46.4. The van der Waals surface area contributed by atoms with Gasteiger partial charge in [-0.3, -0.25) is 40.5 Å². The Morgan fingerprint density at radius 1 is 0.556 bits per heavy atom. The third-order valence-corrected chi connectivity index (χ3v) is 3.57. The van der Waals surface area contributed by atoms with Crippen LogP contribution >= 0.6 is 0 Å². The summed E-state index contributed by atoms with van der Waals surface area (Å²) in [5.74, 6) is -7.59. The van der Waals surface area contributed by atoms with Gasteiger partial charge in [0.15, 0.2) is 0 Å². The lowest BCUT2D eigenvalue weighted by Gasteiger charge is -2.22. The molecule has 0 aliphatic rings. The van der Waals surface area contributed by atoms with E-state index >= 15 is 0 Å². The van der Waals surface area contributed by atoms with Gasteiger partial charge < -0.3 is 0 Å². The first kappa shape index (κ1) is 19.3. The molecule has 0 aliphatic carbocycles. The highest BCUT2D eigenvalue weighted by atomic mass is 16.8. The number of ether oxygens (including phenoxy) is 1. The molecule has 0 unspecified atom stereocenters. The molecule has 2 aromatic carbocycles. The Bertz CT molecular complexity index is 786. The van der Waals surface area contributed by atoms with Crippen LogP contribution in [0.3, 0.4) is 0 Å². The fourth-order valence-electron chi connectivity index (χ4n) is 2.33. The van der Waals surface area contributed by atoms with E-state index in [0.29, 0.717) is 0 Å². The van der Waals surface area contributed by atoms with E-state index in [1.54, 1.807) is 0 Å². The van der Waals surface area contributed by atoms with Crippen LogP contribution in [-0.2, 0) is 16.4 Å². The normalized spacial score (nSPS) is 11.6. The molecule has 0 amide bonds. The van der Waals surface area contributed by atoms with E-state index in [2.05, 4.69) is 4.74 Å². The standard InChI is InChI=1S/C14H10N4O9/c19-15(20)13(16(21)22,11-7-3-1-4-8-11)27-14(17(23)24,18(25)26)12-9-5-2-6-10-12/h1-10H. The number of hydrogen-bond donors (Lipinski definition) is 0. The molecule has 27 heavy (non-hydrogen) atoms. The van der Waals surface area contributed by atoms with Crippen molar-refractivity contribution in [1.29, 1.82) is 0 Å². The Morgan fingerprint density at radius 3 is 1.04 bits per heavy atom. The molecule has 0 aromatic heterocycles. The van der Waals surface area contributed by atoms with Gasteiger partial charge in [-0.1, -0.05) is 36.4 Å². The summed E-state index contributed by atoms with van der Waals surface area (Å²) >= 11 is 0. The zero-order chi connectivity index (χ0) is 20.2. The molecule has 2 aromatic rings. The molecular weight excluding hydrogens is 368 g/mol. The number of rotatable bonds is 8. The Hall–Kier alpha value is -4.00. The van der Waals surface area contributed by atoms with Crippen LogP contribution in [-0.4, -0.2) is 19.7 Å². The van der Waals surface area contributed by atoms with E-state index in [9.17, 15) is 40.5 Å². The summed E-state index contributed by atoms with van der Waals surface area (Å²) < 4.78 is 4.65. The highest BCUT2D eigenvalue weighted by Gasteiger charge is 2.76. The minimum Gasteiger partial charge on any atom is -0.256 e. The van der Waals surface area contributed by atoms with Crippen molar-refractivity contribution in [3.05, 3.63) is 112 Å². The Balaban J connectivity index is 2.83. The molecule has 0 fully saturated rings. The predicted molar refractivity (Wildman–Crippen MR) is 85.3 cm³/mol. The second kappa shape index (κ2) is 7.09. The summed E-state index contributed by atoms with van der Waals surface area (Å²) in [6.45, 7) is 0. The van der Waals surface area contributed by atoms with E-state index in [-0.39, 0.29) is 0 Å². The van der Waals surface area contributed by atoms with Crippen molar-refractivity contribution < 1.29 is 24.4 Å². The third-order valence-electron chi connectivity index (χ3n) is 3.57. The average molecular weight is 378 g/mol. The fraction of sp³-hybridized carbons (Fsp3) is 0.143. The van der Waals surface area contributed by atoms with Crippen LogP contribution in [0.2, 0.25) is 0 Å². The van der Waals surface area contributed by atoms with Gasteiger partial charge >= 0.3 is 11.7 Å². The molecule has 140 valence electrons. The molecule has 0 atom stereocenters. The Kier molecular flexibility index (Phi) is 5.07. The number of nitrogens with zero attached hydrogens (tertiary/aromatic N) is 4. The highest BCUT2D eigenvalue weighted by Crippen LogP contribution is 2.38. The van der Waals surface area contributed by atoms with Crippen LogP contribution < -0.4 is 0 Å². The lowest BCUT2D eigenvalue weighted by molar-refractivity contribution is -0.952. The summed E-state index contributed by atoms with van der Waals surface area (Å²) in [4.78, 5) is 40.2. The van der Waals surface area contributed by atoms with Crippen LogP contribution in [0.1, 0.15) is 11.1 Å². The SMILES string of the molecule is O=[N+]([O-])C(OC(c1ccccc1)([N+](=O)[O-])[N+](=O)[O-])(c1ccccc1)[N+](=O)[O-]. The number of benzene rings is 2. The minimum atomic E-state index is -3.79. The van der Waals surface area contributed by atoms with Gasteiger partial charge in [-0.2, -0.15) is 0 Å². The van der Waals surface area contributed by atoms with Gasteiger partial charge in [0.1, 0.15) is 30.8 Å². The Morgan fingerprint density at radius 2 is 0.815 bits per heavy atom. The first-order valence-electron chi connectivity index (χ1n) is 7.08. The first-order chi connectivity index (χ1) is 12.7. The van der Waals surface area contributed by atoms with Gasteiger partial charge in [-0.15, -0.1) is 4.74 Å². The Labute approximate surface area is 149 Å². The lowest BCUT2D eigenvalue weighted by Crippen LogP contribution is -2.57. The molecule has 0 aliphatic heterocycles. The van der Waals surface area contributed by atoms with Crippen molar-refractivity contribution in [2.75, 3.05) is 0 Å². The molecule has 0 radical (unpaired) electrons. The molecule has 0 heterocycles. The van der Waals surface area contributed by atoms with E-state index in [1.165, 1.54) is 36.4 Å². The molecule has 0 bridgehead atoms. The van der Waals surface area contributed by atoms with Crippen molar-refractivity contribution >= 4 is 0 Å². The van der Waals surface area contributed by atoms with Crippen molar-refractivity contribution in [2.45, 2.75) is 11.7 Å². The molecule has 0 saturated carbocycles. The summed E-state index contributed by atoms with van der Waals surface area (Å²) in [5.41, 5.74) is -1.46. The molecule has 2 rings (SSSR count). The molecule has 13 nitrogen and oxygen atoms in total. The van der Waals surface area contributed by atoms with Gasteiger partial charge in [0.2, 0.25) is 0 Å². The number of nitro groups is 4. The van der Waals surface area contributed by atoms with Crippen LogP contribution in [0, 0.1) is 40.5 Å². The zero-order valence-electron chi connectivity index (χ0n) is 13.2. The molecule has 0 N–H and O–H groups in total. The quantitative estimate of drug-likeness (QED) is 0.375. The third kappa shape index (κ3) is 3.02. The van der Waals surface area contributed by atoms with Gasteiger partial charge in [-0.25, -0.2) is 0 Å².